The number of nitrogens with zero attached hydrogens (tertiary/aromatic N) is 3. The third-order valence-electron chi connectivity index (χ3n) is 3.59. The number of para-hydroxylation sites is 1. The van der Waals surface area contributed by atoms with Gasteiger partial charge in [0.2, 0.25) is 5.13 Å². The highest BCUT2D eigenvalue weighted by Crippen LogP contribution is 2.27. The van der Waals surface area contributed by atoms with E-state index in [1.54, 1.807) is 61.5 Å². The minimum Gasteiger partial charge on any atom is -0.296 e. The van der Waals surface area contributed by atoms with Crippen LogP contribution in [-0.2, 0) is 10.0 Å². The molecule has 0 aliphatic rings. The molecule has 0 fully saturated rings. The highest BCUT2D eigenvalue weighted by atomic mass is 35.5. The van der Waals surface area contributed by atoms with Crippen LogP contribution in [0.3, 0.4) is 0 Å². The Labute approximate surface area is 165 Å². The number of aromatic nitrogens is 2. The second-order valence-electron chi connectivity index (χ2n) is 5.31. The summed E-state index contributed by atoms with van der Waals surface area (Å²) in [5, 5.41) is 10.4. The van der Waals surface area contributed by atoms with Gasteiger partial charge >= 0.3 is 0 Å². The van der Waals surface area contributed by atoms with Crippen LogP contribution in [0.4, 0.5) is 10.8 Å². The van der Waals surface area contributed by atoms with E-state index in [0.29, 0.717) is 5.69 Å². The maximum atomic E-state index is 12.9. The fraction of sp³-hybridized carbons (Fsp3) is 0.118. The number of carbonyl (C=O) groups excluding carboxylic acids is 1. The van der Waals surface area contributed by atoms with Gasteiger partial charge in [0.15, 0.2) is 0 Å². The van der Waals surface area contributed by atoms with Gasteiger partial charge in [-0.15, -0.1) is 10.2 Å². The average molecular weight is 423 g/mol. The minimum absolute atomic E-state index is 0.0719. The minimum atomic E-state index is -3.89. The van der Waals surface area contributed by atoms with Crippen LogP contribution in [0.1, 0.15) is 17.3 Å². The molecular formula is C17H15ClN4O3S2. The van der Waals surface area contributed by atoms with Crippen LogP contribution in [-0.4, -0.2) is 31.1 Å². The van der Waals surface area contributed by atoms with Crippen LogP contribution in [0.15, 0.2) is 58.9 Å². The largest absolute Gasteiger partial charge is 0.296 e. The lowest BCUT2D eigenvalue weighted by atomic mass is 10.2. The molecule has 1 aromatic heterocycles. The molecule has 3 aromatic rings. The summed E-state index contributed by atoms with van der Waals surface area (Å²) in [4.78, 5) is 12.3. The Bertz CT molecular complexity index is 1050. The molecule has 0 atom stereocenters. The van der Waals surface area contributed by atoms with Crippen LogP contribution in [0, 0.1) is 0 Å². The van der Waals surface area contributed by atoms with E-state index in [1.807, 2.05) is 0 Å². The smallest absolute Gasteiger partial charge is 0.293 e. The first-order chi connectivity index (χ1) is 12.9. The number of carbonyl (C=O) groups is 1. The molecule has 1 amide bonds. The number of amides is 1. The normalized spacial score (nSPS) is 11.2. The molecule has 1 N–H and O–H groups in total. The molecule has 0 spiro atoms. The third kappa shape index (κ3) is 4.10. The van der Waals surface area contributed by atoms with Gasteiger partial charge in [-0.1, -0.05) is 53.3 Å². The zero-order chi connectivity index (χ0) is 19.4. The molecule has 0 saturated heterocycles. The van der Waals surface area contributed by atoms with Crippen LogP contribution in [0.2, 0.25) is 5.02 Å². The van der Waals surface area contributed by atoms with Crippen molar-refractivity contribution in [2.45, 2.75) is 11.3 Å². The van der Waals surface area contributed by atoms with Crippen molar-refractivity contribution in [1.82, 2.24) is 10.2 Å². The van der Waals surface area contributed by atoms with Gasteiger partial charge in [0, 0.05) is 6.54 Å². The van der Waals surface area contributed by atoms with E-state index in [4.69, 9.17) is 11.6 Å². The summed E-state index contributed by atoms with van der Waals surface area (Å²) < 4.78 is 26.8. The second kappa shape index (κ2) is 8.03. The summed E-state index contributed by atoms with van der Waals surface area (Å²) in [6.07, 6.45) is 0. The lowest BCUT2D eigenvalue weighted by Gasteiger charge is -2.20. The Morgan fingerprint density at radius 3 is 2.44 bits per heavy atom. The van der Waals surface area contributed by atoms with Gasteiger partial charge in [-0.3, -0.25) is 14.4 Å². The molecule has 27 heavy (non-hydrogen) atoms. The lowest BCUT2D eigenvalue weighted by molar-refractivity contribution is 0.102. The summed E-state index contributed by atoms with van der Waals surface area (Å²) >= 11 is 6.78. The SMILES string of the molecule is CCN(c1ccccc1)S(=O)(=O)c1nnc(NC(=O)c2ccccc2Cl)s1. The monoisotopic (exact) mass is 422 g/mol. The first kappa shape index (κ1) is 19.3. The van der Waals surface area contributed by atoms with E-state index in [-0.39, 0.29) is 26.6 Å². The maximum Gasteiger partial charge on any atom is 0.293 e. The van der Waals surface area contributed by atoms with Crippen molar-refractivity contribution in [1.29, 1.82) is 0 Å². The summed E-state index contributed by atoms with van der Waals surface area (Å²) in [5.41, 5.74) is 0.787. The molecular weight excluding hydrogens is 408 g/mol. The number of benzene rings is 2. The standard InChI is InChI=1S/C17H15ClN4O3S2/c1-2-22(12-8-4-3-5-9-12)27(24,25)17-21-20-16(26-17)19-15(23)13-10-6-7-11-14(13)18/h3-11H,2H2,1H3,(H,19,20,23). The molecule has 10 heteroatoms. The Morgan fingerprint density at radius 2 is 1.78 bits per heavy atom. The van der Waals surface area contributed by atoms with Crippen LogP contribution >= 0.6 is 22.9 Å². The maximum absolute atomic E-state index is 12.9. The zero-order valence-electron chi connectivity index (χ0n) is 14.2. The van der Waals surface area contributed by atoms with Crippen LogP contribution in [0.25, 0.3) is 0 Å². The lowest BCUT2D eigenvalue weighted by Crippen LogP contribution is -2.30. The highest BCUT2D eigenvalue weighted by Gasteiger charge is 2.28. The van der Waals surface area contributed by atoms with Gasteiger partial charge in [-0.2, -0.15) is 8.42 Å². The Balaban J connectivity index is 1.84. The molecule has 140 valence electrons. The van der Waals surface area contributed by atoms with Crippen molar-refractivity contribution in [3.63, 3.8) is 0 Å². The van der Waals surface area contributed by atoms with E-state index in [2.05, 4.69) is 15.5 Å². The van der Waals surface area contributed by atoms with Crippen molar-refractivity contribution in [2.75, 3.05) is 16.2 Å². The van der Waals surface area contributed by atoms with Crippen molar-refractivity contribution in [3.05, 3.63) is 65.2 Å². The molecule has 2 aromatic carbocycles. The number of hydrogen-bond acceptors (Lipinski definition) is 6. The highest BCUT2D eigenvalue weighted by molar-refractivity contribution is 7.94. The molecule has 0 saturated carbocycles. The van der Waals surface area contributed by atoms with E-state index in [1.165, 1.54) is 4.31 Å². The fourth-order valence-corrected chi connectivity index (χ4v) is 5.05. The predicted octanol–water partition coefficient (Wildman–Crippen LogP) is 3.66. The second-order valence-corrected chi connectivity index (χ2v) is 8.73. The molecule has 0 bridgehead atoms. The van der Waals surface area contributed by atoms with Crippen LogP contribution in [0.5, 0.6) is 0 Å². The molecule has 0 unspecified atom stereocenters. The van der Waals surface area contributed by atoms with Gasteiger partial charge in [0.25, 0.3) is 20.3 Å². The Kier molecular flexibility index (Phi) is 5.73. The number of halogens is 1. The number of nitrogens with one attached hydrogen (secondary N) is 1. The molecule has 7 nitrogen and oxygen atoms in total. The Morgan fingerprint density at radius 1 is 1.11 bits per heavy atom. The molecule has 0 aliphatic carbocycles. The zero-order valence-corrected chi connectivity index (χ0v) is 16.6. The quantitative estimate of drug-likeness (QED) is 0.612. The fourth-order valence-electron chi connectivity index (χ4n) is 2.35. The third-order valence-corrected chi connectivity index (χ3v) is 7.00. The van der Waals surface area contributed by atoms with E-state index >= 15 is 0 Å². The summed E-state index contributed by atoms with van der Waals surface area (Å²) in [6.45, 7) is 1.96. The van der Waals surface area contributed by atoms with Crippen molar-refractivity contribution < 1.29 is 13.2 Å². The number of rotatable bonds is 6. The number of sulfonamides is 1. The van der Waals surface area contributed by atoms with Gasteiger partial charge in [0.1, 0.15) is 0 Å². The predicted molar refractivity (Wildman–Crippen MR) is 106 cm³/mol. The summed E-state index contributed by atoms with van der Waals surface area (Å²) in [6, 6.07) is 15.2. The first-order valence-electron chi connectivity index (χ1n) is 7.90. The van der Waals surface area contributed by atoms with Crippen molar-refractivity contribution >= 4 is 49.7 Å². The molecule has 0 radical (unpaired) electrons. The molecule has 0 aliphatic heterocycles. The average Bonchev–Trinajstić information content (AvgIpc) is 3.12. The summed E-state index contributed by atoms with van der Waals surface area (Å²) in [7, 11) is -3.89. The van der Waals surface area contributed by atoms with Gasteiger partial charge in [-0.05, 0) is 31.2 Å². The summed E-state index contributed by atoms with van der Waals surface area (Å²) in [5.74, 6) is -0.490. The van der Waals surface area contributed by atoms with E-state index in [0.717, 1.165) is 11.3 Å². The van der Waals surface area contributed by atoms with Crippen molar-refractivity contribution in [3.8, 4) is 0 Å². The van der Waals surface area contributed by atoms with Gasteiger partial charge in [-0.25, -0.2) is 0 Å². The first-order valence-corrected chi connectivity index (χ1v) is 10.5. The van der Waals surface area contributed by atoms with Crippen LogP contribution < -0.4 is 9.62 Å². The van der Waals surface area contributed by atoms with E-state index < -0.39 is 15.9 Å². The van der Waals surface area contributed by atoms with Crippen molar-refractivity contribution in [2.24, 2.45) is 0 Å². The van der Waals surface area contributed by atoms with E-state index in [9.17, 15) is 13.2 Å². The topological polar surface area (TPSA) is 92.3 Å². The molecule has 1 heterocycles. The molecule has 3 rings (SSSR count). The van der Waals surface area contributed by atoms with Gasteiger partial charge in [0.05, 0.1) is 16.3 Å². The van der Waals surface area contributed by atoms with Gasteiger partial charge < -0.3 is 0 Å². The Hall–Kier alpha value is -2.49. The number of hydrogen-bond donors (Lipinski definition) is 1. The number of anilines is 2.